The summed E-state index contributed by atoms with van der Waals surface area (Å²) in [6.07, 6.45) is -3.27. The SMILES string of the molecule is COc1ccc(C(C)C)c(-n2c(C)cs/c2=N\C(=O)NC(C)C(C)c2ccc(-c3ncn(-c4ccc(OC(F)(F)F)cc4)n3)cc2)c1. The number of urea groups is 1. The number of amides is 2. The van der Waals surface area contributed by atoms with E-state index in [0.717, 1.165) is 33.8 Å². The normalized spacial score (nSPS) is 13.4. The fourth-order valence-electron chi connectivity index (χ4n) is 5.08. The van der Waals surface area contributed by atoms with E-state index in [2.05, 4.69) is 39.0 Å². The minimum absolute atomic E-state index is 0.0331. The maximum Gasteiger partial charge on any atom is 0.573 e. The van der Waals surface area contributed by atoms with Crippen molar-refractivity contribution in [3.8, 4) is 34.3 Å². The number of hydrogen-bond acceptors (Lipinski definition) is 6. The van der Waals surface area contributed by atoms with Gasteiger partial charge in [0.05, 0.1) is 18.5 Å². The molecule has 2 atom stereocenters. The smallest absolute Gasteiger partial charge is 0.497 e. The molecule has 0 spiro atoms. The predicted octanol–water partition coefficient (Wildman–Crippen LogP) is 7.93. The second-order valence-electron chi connectivity index (χ2n) is 11.4. The van der Waals surface area contributed by atoms with Gasteiger partial charge in [-0.2, -0.15) is 4.99 Å². The van der Waals surface area contributed by atoms with Crippen LogP contribution in [0.5, 0.6) is 11.5 Å². The second kappa shape index (κ2) is 13.8. The highest BCUT2D eigenvalue weighted by molar-refractivity contribution is 7.07. The van der Waals surface area contributed by atoms with E-state index in [0.29, 0.717) is 16.3 Å². The Kier molecular flexibility index (Phi) is 9.85. The molecule has 0 aliphatic carbocycles. The van der Waals surface area contributed by atoms with E-state index < -0.39 is 12.4 Å². The zero-order valence-electron chi connectivity index (χ0n) is 26.7. The highest BCUT2D eigenvalue weighted by atomic mass is 32.1. The van der Waals surface area contributed by atoms with Gasteiger partial charge in [0.2, 0.25) is 0 Å². The largest absolute Gasteiger partial charge is 0.573 e. The van der Waals surface area contributed by atoms with Gasteiger partial charge in [0.1, 0.15) is 17.8 Å². The molecule has 1 N–H and O–H groups in total. The van der Waals surface area contributed by atoms with Crippen LogP contribution in [0.25, 0.3) is 22.8 Å². The Balaban J connectivity index is 1.27. The van der Waals surface area contributed by atoms with Gasteiger partial charge in [0, 0.05) is 34.7 Å². The van der Waals surface area contributed by atoms with E-state index >= 15 is 0 Å². The highest BCUT2D eigenvalue weighted by Gasteiger charge is 2.31. The lowest BCUT2D eigenvalue weighted by Crippen LogP contribution is -2.35. The van der Waals surface area contributed by atoms with E-state index in [1.807, 2.05) is 73.2 Å². The van der Waals surface area contributed by atoms with Crippen LogP contribution < -0.4 is 19.6 Å². The molecule has 0 saturated carbocycles. The summed E-state index contributed by atoms with van der Waals surface area (Å²) in [5.41, 5.74) is 5.31. The lowest BCUT2D eigenvalue weighted by atomic mass is 9.93. The van der Waals surface area contributed by atoms with E-state index in [1.54, 1.807) is 7.11 Å². The number of aromatic nitrogens is 4. The molecule has 5 rings (SSSR count). The number of nitrogens with zero attached hydrogens (tertiary/aromatic N) is 5. The van der Waals surface area contributed by atoms with Crippen molar-refractivity contribution in [1.29, 1.82) is 0 Å². The van der Waals surface area contributed by atoms with Crippen molar-refractivity contribution in [2.45, 2.75) is 58.9 Å². The van der Waals surface area contributed by atoms with Crippen LogP contribution in [0.1, 0.15) is 56.4 Å². The zero-order chi connectivity index (χ0) is 33.9. The number of aryl methyl sites for hydroxylation is 1. The van der Waals surface area contributed by atoms with Gasteiger partial charge in [0.15, 0.2) is 10.6 Å². The number of benzene rings is 3. The number of nitrogens with one attached hydrogen (secondary N) is 1. The average Bonchev–Trinajstić information content (AvgIpc) is 3.67. The van der Waals surface area contributed by atoms with E-state index in [-0.39, 0.29) is 23.6 Å². The molecular weight excluding hydrogens is 629 g/mol. The topological polar surface area (TPSA) is 95.6 Å². The lowest BCUT2D eigenvalue weighted by Gasteiger charge is -2.21. The van der Waals surface area contributed by atoms with Gasteiger partial charge in [-0.1, -0.05) is 51.1 Å². The Hall–Kier alpha value is -4.91. The molecule has 0 aliphatic rings. The number of halogens is 3. The molecule has 0 aliphatic heterocycles. The molecule has 9 nitrogen and oxygen atoms in total. The summed E-state index contributed by atoms with van der Waals surface area (Å²) in [7, 11) is 1.63. The zero-order valence-corrected chi connectivity index (χ0v) is 27.6. The Bertz CT molecular complexity index is 1910. The number of methoxy groups -OCH3 is 1. The molecule has 0 saturated heterocycles. The van der Waals surface area contributed by atoms with Crippen LogP contribution in [0.15, 0.2) is 83.4 Å². The molecule has 0 bridgehead atoms. The van der Waals surface area contributed by atoms with Crippen molar-refractivity contribution >= 4 is 17.4 Å². The third-order valence-corrected chi connectivity index (χ3v) is 8.74. The minimum Gasteiger partial charge on any atom is -0.497 e. The fourth-order valence-corrected chi connectivity index (χ4v) is 5.94. The Morgan fingerprint density at radius 3 is 2.30 bits per heavy atom. The van der Waals surface area contributed by atoms with E-state index in [9.17, 15) is 18.0 Å². The number of carbonyl (C=O) groups is 1. The van der Waals surface area contributed by atoms with Crippen molar-refractivity contribution in [3.05, 3.63) is 100 Å². The lowest BCUT2D eigenvalue weighted by molar-refractivity contribution is -0.274. The summed E-state index contributed by atoms with van der Waals surface area (Å²) in [4.78, 5) is 22.5. The Labute approximate surface area is 274 Å². The molecule has 47 heavy (non-hydrogen) atoms. The van der Waals surface area contributed by atoms with Crippen LogP contribution in [-0.4, -0.2) is 44.9 Å². The van der Waals surface area contributed by atoms with Gasteiger partial charge in [-0.25, -0.2) is 14.5 Å². The first-order chi connectivity index (χ1) is 22.3. The summed E-state index contributed by atoms with van der Waals surface area (Å²) in [5, 5.41) is 9.46. The molecule has 13 heteroatoms. The molecule has 2 amide bonds. The molecule has 2 unspecified atom stereocenters. The van der Waals surface area contributed by atoms with Crippen LogP contribution in [0, 0.1) is 6.92 Å². The summed E-state index contributed by atoms with van der Waals surface area (Å²) in [6.45, 7) is 10.2. The summed E-state index contributed by atoms with van der Waals surface area (Å²) < 4.78 is 50.2. The quantitative estimate of drug-likeness (QED) is 0.173. The van der Waals surface area contributed by atoms with E-state index in [1.165, 1.54) is 46.6 Å². The summed E-state index contributed by atoms with van der Waals surface area (Å²) in [6, 6.07) is 18.3. The van der Waals surface area contributed by atoms with Crippen molar-refractivity contribution in [2.24, 2.45) is 4.99 Å². The third kappa shape index (κ3) is 7.91. The van der Waals surface area contributed by atoms with Crippen molar-refractivity contribution in [2.75, 3.05) is 7.11 Å². The summed E-state index contributed by atoms with van der Waals surface area (Å²) >= 11 is 1.40. The van der Waals surface area contributed by atoms with Crippen LogP contribution in [0.2, 0.25) is 0 Å². The van der Waals surface area contributed by atoms with Crippen LogP contribution in [-0.2, 0) is 0 Å². The molecule has 246 valence electrons. The monoisotopic (exact) mass is 664 g/mol. The maximum absolute atomic E-state index is 13.1. The molecule has 0 radical (unpaired) electrons. The van der Waals surface area contributed by atoms with Gasteiger partial charge < -0.3 is 14.8 Å². The van der Waals surface area contributed by atoms with Gasteiger partial charge in [0.25, 0.3) is 0 Å². The number of thiazole rings is 1. The highest BCUT2D eigenvalue weighted by Crippen LogP contribution is 2.29. The molecule has 5 aromatic rings. The van der Waals surface area contributed by atoms with E-state index in [4.69, 9.17) is 4.74 Å². The minimum atomic E-state index is -4.76. The third-order valence-electron chi connectivity index (χ3n) is 7.80. The van der Waals surface area contributed by atoms with Gasteiger partial charge in [-0.05, 0) is 61.2 Å². The van der Waals surface area contributed by atoms with Gasteiger partial charge >= 0.3 is 12.4 Å². The van der Waals surface area contributed by atoms with Gasteiger partial charge in [-0.15, -0.1) is 29.6 Å². The standard InChI is InChI=1S/C34H35F3N6O3S/c1-20(2)29-16-15-28(45-6)17-30(29)43-21(3)18-47-33(43)40-32(44)39-23(5)22(4)24-7-9-25(10-8-24)31-38-19-42(41-31)26-11-13-27(14-12-26)46-34(35,36)37/h7-20,22-23H,1-6H3,(H,39,44)/b40-33-. The summed E-state index contributed by atoms with van der Waals surface area (Å²) in [5.74, 6) is 1.09. The molecule has 2 aromatic heterocycles. The number of rotatable bonds is 9. The predicted molar refractivity (Wildman–Crippen MR) is 174 cm³/mol. The van der Waals surface area contributed by atoms with Crippen molar-refractivity contribution in [3.63, 3.8) is 0 Å². The van der Waals surface area contributed by atoms with Crippen molar-refractivity contribution in [1.82, 2.24) is 24.6 Å². The first kappa shape index (κ1) is 33.5. The van der Waals surface area contributed by atoms with Crippen LogP contribution in [0.4, 0.5) is 18.0 Å². The second-order valence-corrected chi connectivity index (χ2v) is 12.2. The van der Waals surface area contributed by atoms with Crippen molar-refractivity contribution < 1.29 is 27.4 Å². The van der Waals surface area contributed by atoms with Crippen LogP contribution >= 0.6 is 11.3 Å². The fraction of sp³-hybridized carbons (Fsp3) is 0.294. The Morgan fingerprint density at radius 1 is 0.979 bits per heavy atom. The first-order valence-electron chi connectivity index (χ1n) is 14.9. The number of alkyl halides is 3. The number of hydrogen-bond donors (Lipinski definition) is 1. The van der Waals surface area contributed by atoms with Crippen LogP contribution in [0.3, 0.4) is 0 Å². The molecule has 3 aromatic carbocycles. The molecule has 0 fully saturated rings. The Morgan fingerprint density at radius 2 is 1.66 bits per heavy atom. The average molecular weight is 665 g/mol. The van der Waals surface area contributed by atoms with Gasteiger partial charge in [-0.3, -0.25) is 4.57 Å². The number of carbonyl (C=O) groups excluding carboxylic acids is 1. The maximum atomic E-state index is 13.1. The molecule has 2 heterocycles. The molecular formula is C34H35F3N6O3S. The first-order valence-corrected chi connectivity index (χ1v) is 15.8. The number of ether oxygens (including phenoxy) is 2.